The van der Waals surface area contributed by atoms with E-state index >= 15 is 0 Å². The predicted molar refractivity (Wildman–Crippen MR) is 81.3 cm³/mol. The average Bonchev–Trinajstić information content (AvgIpc) is 3.02. The van der Waals surface area contributed by atoms with E-state index in [0.29, 0.717) is 23.4 Å². The number of nitrogens with two attached hydrogens (primary N) is 1. The first kappa shape index (κ1) is 14.6. The zero-order chi connectivity index (χ0) is 14.8. The third-order valence-corrected chi connectivity index (χ3v) is 3.97. The lowest BCUT2D eigenvalue weighted by molar-refractivity contribution is 0.0950. The van der Waals surface area contributed by atoms with Crippen molar-refractivity contribution in [2.45, 2.75) is 27.2 Å². The number of hydrogen-bond donors (Lipinski definition) is 2. The van der Waals surface area contributed by atoms with Crippen LogP contribution >= 0.6 is 0 Å². The van der Waals surface area contributed by atoms with Crippen molar-refractivity contribution in [1.29, 1.82) is 0 Å². The largest absolute Gasteiger partial charge is 0.352 e. The molecule has 1 aromatic rings. The first-order valence-electron chi connectivity index (χ1n) is 7.02. The quantitative estimate of drug-likeness (QED) is 0.826. The minimum atomic E-state index is -0.0438. The van der Waals surface area contributed by atoms with Gasteiger partial charge in [-0.1, -0.05) is 37.3 Å². The summed E-state index contributed by atoms with van der Waals surface area (Å²) in [5.74, 6) is 6.32. The molecule has 1 atom stereocenters. The van der Waals surface area contributed by atoms with E-state index < -0.39 is 0 Å². The van der Waals surface area contributed by atoms with Crippen molar-refractivity contribution < 1.29 is 4.79 Å². The molecule has 0 saturated heterocycles. The molecule has 0 spiro atoms. The topological polar surface area (TPSA) is 55.1 Å². The number of aryl methyl sites for hydroxylation is 1. The number of carbonyl (C=O) groups excluding carboxylic acids is 1. The van der Waals surface area contributed by atoms with Gasteiger partial charge in [0, 0.05) is 12.1 Å². The van der Waals surface area contributed by atoms with Crippen LogP contribution in [0.2, 0.25) is 0 Å². The number of carbonyl (C=O) groups is 1. The summed E-state index contributed by atoms with van der Waals surface area (Å²) < 4.78 is 0. The fourth-order valence-electron chi connectivity index (χ4n) is 2.34. The fourth-order valence-corrected chi connectivity index (χ4v) is 2.34. The third kappa shape index (κ3) is 3.40. The van der Waals surface area contributed by atoms with E-state index in [9.17, 15) is 4.79 Å². The molecule has 1 aromatic carbocycles. The number of hydrogen-bond acceptors (Lipinski definition) is 2. The summed E-state index contributed by atoms with van der Waals surface area (Å²) in [6, 6.07) is 5.73. The second-order valence-corrected chi connectivity index (χ2v) is 6.15. The number of nitrogens with one attached hydrogen (secondary N) is 1. The SMILES string of the molecule is Cc1ccc(C#CCN)c(C(=O)NCC2CC2(C)C)c1. The molecule has 0 bridgehead atoms. The van der Waals surface area contributed by atoms with Gasteiger partial charge in [-0.05, 0) is 36.8 Å². The summed E-state index contributed by atoms with van der Waals surface area (Å²) in [6.45, 7) is 7.47. The molecule has 3 heteroatoms. The number of benzene rings is 1. The van der Waals surface area contributed by atoms with Crippen LogP contribution in [0.3, 0.4) is 0 Å². The molecule has 0 aliphatic heterocycles. The second kappa shape index (κ2) is 5.68. The van der Waals surface area contributed by atoms with E-state index in [1.54, 1.807) is 0 Å². The standard InChI is InChI=1S/C17H22N2O/c1-12-6-7-13(5-4-8-18)15(9-12)16(20)19-11-14-10-17(14,2)3/h6-7,9,14H,8,10-11,18H2,1-3H3,(H,19,20). The van der Waals surface area contributed by atoms with Crippen molar-refractivity contribution in [3.05, 3.63) is 34.9 Å². The van der Waals surface area contributed by atoms with Crippen LogP contribution in [0, 0.1) is 30.1 Å². The fraction of sp³-hybridized carbons (Fsp3) is 0.471. The maximum atomic E-state index is 12.3. The molecular weight excluding hydrogens is 248 g/mol. The van der Waals surface area contributed by atoms with Crippen LogP contribution in [-0.4, -0.2) is 19.0 Å². The van der Waals surface area contributed by atoms with Crippen molar-refractivity contribution in [3.8, 4) is 11.8 Å². The molecule has 106 valence electrons. The monoisotopic (exact) mass is 270 g/mol. The van der Waals surface area contributed by atoms with Crippen molar-refractivity contribution in [2.75, 3.05) is 13.1 Å². The summed E-state index contributed by atoms with van der Waals surface area (Å²) in [4.78, 5) is 12.3. The highest BCUT2D eigenvalue weighted by Gasteiger charge is 2.45. The Kier molecular flexibility index (Phi) is 4.15. The molecular formula is C17H22N2O. The normalized spacial score (nSPS) is 18.9. The van der Waals surface area contributed by atoms with Gasteiger partial charge in [0.2, 0.25) is 0 Å². The van der Waals surface area contributed by atoms with Crippen LogP contribution in [0.4, 0.5) is 0 Å². The van der Waals surface area contributed by atoms with E-state index in [-0.39, 0.29) is 5.91 Å². The van der Waals surface area contributed by atoms with Crippen LogP contribution in [0.5, 0.6) is 0 Å². The van der Waals surface area contributed by atoms with Crippen LogP contribution in [0.15, 0.2) is 18.2 Å². The molecule has 0 heterocycles. The van der Waals surface area contributed by atoms with Gasteiger partial charge in [-0.15, -0.1) is 0 Å². The third-order valence-electron chi connectivity index (χ3n) is 3.97. The van der Waals surface area contributed by atoms with Crippen LogP contribution < -0.4 is 11.1 Å². The first-order valence-corrected chi connectivity index (χ1v) is 7.02. The van der Waals surface area contributed by atoms with Gasteiger partial charge in [-0.3, -0.25) is 4.79 Å². The van der Waals surface area contributed by atoms with Gasteiger partial charge < -0.3 is 11.1 Å². The lowest BCUT2D eigenvalue weighted by atomic mass is 10.0. The highest BCUT2D eigenvalue weighted by Crippen LogP contribution is 2.50. The van der Waals surface area contributed by atoms with Crippen molar-refractivity contribution in [3.63, 3.8) is 0 Å². The Morgan fingerprint density at radius 2 is 2.20 bits per heavy atom. The average molecular weight is 270 g/mol. The molecule has 3 nitrogen and oxygen atoms in total. The Morgan fingerprint density at radius 3 is 2.80 bits per heavy atom. The Bertz CT molecular complexity index is 578. The molecule has 2 rings (SSSR count). The van der Waals surface area contributed by atoms with Gasteiger partial charge in [0.25, 0.3) is 5.91 Å². The summed E-state index contributed by atoms with van der Waals surface area (Å²) in [5.41, 5.74) is 8.21. The van der Waals surface area contributed by atoms with Crippen molar-refractivity contribution in [1.82, 2.24) is 5.32 Å². The van der Waals surface area contributed by atoms with Gasteiger partial charge >= 0.3 is 0 Å². The summed E-state index contributed by atoms with van der Waals surface area (Å²) in [6.07, 6.45) is 1.18. The van der Waals surface area contributed by atoms with Crippen molar-refractivity contribution >= 4 is 5.91 Å². The maximum absolute atomic E-state index is 12.3. The Labute approximate surface area is 120 Å². The number of rotatable bonds is 3. The maximum Gasteiger partial charge on any atom is 0.252 e. The summed E-state index contributed by atoms with van der Waals surface area (Å²) in [7, 11) is 0. The molecule has 1 saturated carbocycles. The van der Waals surface area contributed by atoms with Crippen LogP contribution in [0.25, 0.3) is 0 Å². The first-order chi connectivity index (χ1) is 9.44. The molecule has 1 aliphatic carbocycles. The zero-order valence-electron chi connectivity index (χ0n) is 12.4. The minimum Gasteiger partial charge on any atom is -0.352 e. The lowest BCUT2D eigenvalue weighted by Crippen LogP contribution is -2.27. The van der Waals surface area contributed by atoms with Gasteiger partial charge in [0.05, 0.1) is 12.1 Å². The van der Waals surface area contributed by atoms with E-state index in [1.807, 2.05) is 25.1 Å². The zero-order valence-corrected chi connectivity index (χ0v) is 12.4. The van der Waals surface area contributed by atoms with Gasteiger partial charge in [-0.2, -0.15) is 0 Å². The smallest absolute Gasteiger partial charge is 0.252 e. The molecule has 0 aromatic heterocycles. The van der Waals surface area contributed by atoms with Crippen LogP contribution in [0.1, 0.15) is 41.8 Å². The molecule has 3 N–H and O–H groups in total. The Balaban J connectivity index is 2.10. The predicted octanol–water partition coefficient (Wildman–Crippen LogP) is 2.08. The molecule has 20 heavy (non-hydrogen) atoms. The van der Waals surface area contributed by atoms with E-state index in [1.165, 1.54) is 6.42 Å². The van der Waals surface area contributed by atoms with E-state index in [2.05, 4.69) is 31.0 Å². The molecule has 1 unspecified atom stereocenters. The van der Waals surface area contributed by atoms with Gasteiger partial charge in [-0.25, -0.2) is 0 Å². The van der Waals surface area contributed by atoms with E-state index in [0.717, 1.165) is 17.7 Å². The number of amides is 1. The molecule has 1 fully saturated rings. The summed E-state index contributed by atoms with van der Waals surface area (Å²) in [5, 5.41) is 3.02. The molecule has 0 radical (unpaired) electrons. The molecule has 1 aliphatic rings. The Morgan fingerprint density at radius 1 is 1.50 bits per heavy atom. The lowest BCUT2D eigenvalue weighted by Gasteiger charge is -2.09. The molecule has 1 amide bonds. The highest BCUT2D eigenvalue weighted by molar-refractivity contribution is 5.97. The van der Waals surface area contributed by atoms with Gasteiger partial charge in [0.15, 0.2) is 0 Å². The van der Waals surface area contributed by atoms with Crippen molar-refractivity contribution in [2.24, 2.45) is 17.1 Å². The van der Waals surface area contributed by atoms with E-state index in [4.69, 9.17) is 5.73 Å². The highest BCUT2D eigenvalue weighted by atomic mass is 16.1. The summed E-state index contributed by atoms with van der Waals surface area (Å²) >= 11 is 0. The van der Waals surface area contributed by atoms with Crippen LogP contribution in [-0.2, 0) is 0 Å². The Hall–Kier alpha value is -1.79. The minimum absolute atomic E-state index is 0.0438. The second-order valence-electron chi connectivity index (χ2n) is 6.15. The van der Waals surface area contributed by atoms with Gasteiger partial charge in [0.1, 0.15) is 0 Å².